The Morgan fingerprint density at radius 3 is 2.90 bits per heavy atom. The number of hydrogen-bond donors (Lipinski definition) is 1. The van der Waals surface area contributed by atoms with Crippen LogP contribution >= 0.6 is 11.6 Å². The van der Waals surface area contributed by atoms with E-state index in [1.54, 1.807) is 0 Å². The van der Waals surface area contributed by atoms with Gasteiger partial charge in [-0.3, -0.25) is 0 Å². The van der Waals surface area contributed by atoms with Crippen molar-refractivity contribution in [2.75, 3.05) is 31.6 Å². The van der Waals surface area contributed by atoms with Crippen LogP contribution in [0.1, 0.15) is 39.5 Å². The van der Waals surface area contributed by atoms with Gasteiger partial charge in [-0.15, -0.1) is 0 Å². The number of benzene rings is 1. The van der Waals surface area contributed by atoms with Crippen molar-refractivity contribution in [2.24, 2.45) is 0 Å². The molecule has 1 aromatic carbocycles. The molecule has 3 nitrogen and oxygen atoms in total. The number of anilines is 1. The summed E-state index contributed by atoms with van der Waals surface area (Å²) in [5.74, 6) is 0.915. The van der Waals surface area contributed by atoms with Gasteiger partial charge in [0.1, 0.15) is 5.75 Å². The lowest BCUT2D eigenvalue weighted by Crippen LogP contribution is -2.26. The third-order valence-electron chi connectivity index (χ3n) is 4.03. The van der Waals surface area contributed by atoms with Gasteiger partial charge in [0.25, 0.3) is 0 Å². The molecule has 1 aromatic rings. The maximum Gasteiger partial charge on any atom is 0.142 e. The molecule has 0 radical (unpaired) electrons. The van der Waals surface area contributed by atoms with Crippen LogP contribution in [0, 0.1) is 0 Å². The van der Waals surface area contributed by atoms with Gasteiger partial charge in [-0.25, -0.2) is 0 Å². The zero-order valence-corrected chi connectivity index (χ0v) is 14.0. The monoisotopic (exact) mass is 310 g/mol. The second kappa shape index (κ2) is 8.50. The molecule has 1 saturated heterocycles. The molecule has 0 aliphatic carbocycles. The van der Waals surface area contributed by atoms with Crippen LogP contribution in [0.2, 0.25) is 5.02 Å². The highest BCUT2D eigenvalue weighted by atomic mass is 35.5. The fourth-order valence-corrected chi connectivity index (χ4v) is 2.96. The third kappa shape index (κ3) is 5.08. The van der Waals surface area contributed by atoms with Crippen LogP contribution in [0.3, 0.4) is 0 Å². The molecule has 1 N–H and O–H groups in total. The molecule has 0 spiro atoms. The van der Waals surface area contributed by atoms with Gasteiger partial charge >= 0.3 is 0 Å². The number of rotatable bonds is 6. The lowest BCUT2D eigenvalue weighted by molar-refractivity contribution is 0.300. The molecule has 2 rings (SSSR count). The van der Waals surface area contributed by atoms with E-state index in [4.69, 9.17) is 16.3 Å². The molecule has 21 heavy (non-hydrogen) atoms. The summed E-state index contributed by atoms with van der Waals surface area (Å²) in [5.41, 5.74) is 1.03. The molecule has 0 aromatic heterocycles. The van der Waals surface area contributed by atoms with Gasteiger partial charge in [-0.2, -0.15) is 0 Å². The van der Waals surface area contributed by atoms with Crippen LogP contribution in [0.4, 0.5) is 5.69 Å². The Morgan fingerprint density at radius 1 is 1.29 bits per heavy atom. The Kier molecular flexibility index (Phi) is 6.65. The second-order valence-corrected chi connectivity index (χ2v) is 6.13. The van der Waals surface area contributed by atoms with Crippen molar-refractivity contribution >= 4 is 17.3 Å². The Bertz CT molecular complexity index is 439. The van der Waals surface area contributed by atoms with Crippen molar-refractivity contribution in [2.45, 2.75) is 45.6 Å². The van der Waals surface area contributed by atoms with E-state index < -0.39 is 0 Å². The van der Waals surface area contributed by atoms with Crippen LogP contribution < -0.4 is 10.1 Å². The maximum atomic E-state index is 6.14. The van der Waals surface area contributed by atoms with Gasteiger partial charge in [-0.05, 0) is 57.0 Å². The first-order valence-electron chi connectivity index (χ1n) is 8.14. The highest BCUT2D eigenvalue weighted by molar-refractivity contribution is 6.30. The van der Waals surface area contributed by atoms with Gasteiger partial charge in [0, 0.05) is 17.6 Å². The summed E-state index contributed by atoms with van der Waals surface area (Å²) in [6, 6.07) is 6.35. The summed E-state index contributed by atoms with van der Waals surface area (Å²) in [7, 11) is 0. The van der Waals surface area contributed by atoms with Crippen LogP contribution in [0.5, 0.6) is 5.75 Å². The minimum Gasteiger partial charge on any atom is -0.491 e. The first-order valence-corrected chi connectivity index (χ1v) is 8.52. The molecule has 1 atom stereocenters. The highest BCUT2D eigenvalue weighted by Crippen LogP contribution is 2.30. The van der Waals surface area contributed by atoms with E-state index in [-0.39, 0.29) is 0 Å². The summed E-state index contributed by atoms with van der Waals surface area (Å²) in [5, 5.41) is 4.40. The van der Waals surface area contributed by atoms with E-state index in [0.717, 1.165) is 36.0 Å². The topological polar surface area (TPSA) is 24.5 Å². The van der Waals surface area contributed by atoms with Crippen molar-refractivity contribution < 1.29 is 4.74 Å². The first-order chi connectivity index (χ1) is 10.2. The molecule has 0 bridgehead atoms. The van der Waals surface area contributed by atoms with E-state index in [0.29, 0.717) is 6.04 Å². The number of nitrogens with zero attached hydrogens (tertiary/aromatic N) is 1. The largest absolute Gasteiger partial charge is 0.491 e. The molecule has 0 amide bonds. The smallest absolute Gasteiger partial charge is 0.142 e. The summed E-state index contributed by atoms with van der Waals surface area (Å²) < 4.78 is 5.82. The van der Waals surface area contributed by atoms with Crippen molar-refractivity contribution in [1.29, 1.82) is 0 Å². The van der Waals surface area contributed by atoms with Crippen molar-refractivity contribution in [3.63, 3.8) is 0 Å². The zero-order valence-electron chi connectivity index (χ0n) is 13.2. The van der Waals surface area contributed by atoms with Crippen molar-refractivity contribution in [3.8, 4) is 5.75 Å². The van der Waals surface area contributed by atoms with Crippen LogP contribution in [-0.2, 0) is 0 Å². The normalized spacial score (nSPS) is 20.0. The average molecular weight is 311 g/mol. The van der Waals surface area contributed by atoms with E-state index in [1.165, 1.54) is 32.4 Å². The fraction of sp³-hybridized carbons (Fsp3) is 0.647. The molecule has 1 aliphatic heterocycles. The number of hydrogen-bond acceptors (Lipinski definition) is 3. The van der Waals surface area contributed by atoms with Crippen molar-refractivity contribution in [3.05, 3.63) is 23.2 Å². The highest BCUT2D eigenvalue weighted by Gasteiger charge is 2.17. The van der Waals surface area contributed by atoms with E-state index in [1.807, 2.05) is 18.2 Å². The van der Waals surface area contributed by atoms with E-state index in [2.05, 4.69) is 24.1 Å². The van der Waals surface area contributed by atoms with Crippen LogP contribution in [0.25, 0.3) is 0 Å². The third-order valence-corrected chi connectivity index (χ3v) is 4.27. The molecule has 0 saturated carbocycles. The molecular formula is C17H27ClN2O. The van der Waals surface area contributed by atoms with Gasteiger partial charge in [0.15, 0.2) is 0 Å². The molecule has 118 valence electrons. The molecule has 1 fully saturated rings. The summed E-state index contributed by atoms with van der Waals surface area (Å²) >= 11 is 6.14. The predicted octanol–water partition coefficient (Wildman–Crippen LogP) is 4.42. The minimum atomic E-state index is 0.504. The van der Waals surface area contributed by atoms with Gasteiger partial charge in [-0.1, -0.05) is 25.4 Å². The zero-order chi connectivity index (χ0) is 15.1. The number of halogens is 1. The number of ether oxygens (including phenoxy) is 1. The Morgan fingerprint density at radius 2 is 2.14 bits per heavy atom. The lowest BCUT2D eigenvalue weighted by Gasteiger charge is -2.21. The second-order valence-electron chi connectivity index (χ2n) is 5.70. The quantitative estimate of drug-likeness (QED) is 0.842. The molecule has 1 aliphatic rings. The molecule has 1 unspecified atom stereocenters. The summed E-state index contributed by atoms with van der Waals surface area (Å²) in [6.07, 6.45) is 4.64. The molecule has 4 heteroatoms. The fourth-order valence-electron chi connectivity index (χ4n) is 2.79. The predicted molar refractivity (Wildman–Crippen MR) is 90.6 cm³/mol. The number of nitrogens with one attached hydrogen (secondary N) is 1. The summed E-state index contributed by atoms with van der Waals surface area (Å²) in [6.45, 7) is 8.62. The standard InChI is InChI=1S/C17H27ClN2O/c1-3-12-21-17-8-7-14(18)13-16(17)19-15-6-5-10-20(4-2)11-9-15/h7-8,13,15,19H,3-6,9-12H2,1-2H3. The van der Waals surface area contributed by atoms with E-state index >= 15 is 0 Å². The van der Waals surface area contributed by atoms with E-state index in [9.17, 15) is 0 Å². The Labute approximate surface area is 133 Å². The Balaban J connectivity index is 2.02. The van der Waals surface area contributed by atoms with Gasteiger partial charge < -0.3 is 15.0 Å². The molecule has 1 heterocycles. The summed E-state index contributed by atoms with van der Waals surface area (Å²) in [4.78, 5) is 2.52. The minimum absolute atomic E-state index is 0.504. The van der Waals surface area contributed by atoms with Gasteiger partial charge in [0.2, 0.25) is 0 Å². The maximum absolute atomic E-state index is 6.14. The Hall–Kier alpha value is -0.930. The first kappa shape index (κ1) is 16.4. The lowest BCUT2D eigenvalue weighted by atomic mass is 10.1. The number of likely N-dealkylation sites (tertiary alicyclic amines) is 1. The van der Waals surface area contributed by atoms with Gasteiger partial charge in [0.05, 0.1) is 12.3 Å². The van der Waals surface area contributed by atoms with Crippen LogP contribution in [0.15, 0.2) is 18.2 Å². The average Bonchev–Trinajstić information content (AvgIpc) is 2.72. The van der Waals surface area contributed by atoms with Crippen LogP contribution in [-0.4, -0.2) is 37.2 Å². The SMILES string of the molecule is CCCOc1ccc(Cl)cc1NC1CCCN(CC)CC1. The van der Waals surface area contributed by atoms with Crippen molar-refractivity contribution in [1.82, 2.24) is 4.90 Å². The molecular weight excluding hydrogens is 284 g/mol.